The molecule has 1 aromatic rings. The van der Waals surface area contributed by atoms with Crippen LogP contribution in [0.3, 0.4) is 0 Å². The van der Waals surface area contributed by atoms with Crippen LogP contribution in [0.15, 0.2) is 27.6 Å². The Morgan fingerprint density at radius 1 is 1.45 bits per heavy atom. The van der Waals surface area contributed by atoms with Crippen LogP contribution in [0, 0.1) is 0 Å². The molecule has 20 heavy (non-hydrogen) atoms. The summed E-state index contributed by atoms with van der Waals surface area (Å²) in [4.78, 5) is 0.231. The third-order valence-electron chi connectivity index (χ3n) is 3.59. The van der Waals surface area contributed by atoms with Gasteiger partial charge in [0.1, 0.15) is 0 Å². The van der Waals surface area contributed by atoms with E-state index in [0.717, 1.165) is 5.75 Å². The summed E-state index contributed by atoms with van der Waals surface area (Å²) in [5, 5.41) is 9.47. The quantitative estimate of drug-likeness (QED) is 0.875. The molecule has 2 rings (SSSR count). The zero-order valence-electron chi connectivity index (χ0n) is 11.4. The van der Waals surface area contributed by atoms with Crippen LogP contribution in [0.4, 0.5) is 0 Å². The minimum atomic E-state index is -3.55. The third-order valence-corrected chi connectivity index (χ3v) is 7.91. The van der Waals surface area contributed by atoms with Gasteiger partial charge in [-0.3, -0.25) is 0 Å². The molecule has 0 aliphatic carbocycles. The molecule has 1 heterocycles. The lowest BCUT2D eigenvalue weighted by Crippen LogP contribution is -2.47. The summed E-state index contributed by atoms with van der Waals surface area (Å²) in [6, 6.07) is 4.88. The van der Waals surface area contributed by atoms with E-state index in [1.54, 1.807) is 34.3 Å². The lowest BCUT2D eigenvalue weighted by molar-refractivity contribution is 0.281. The summed E-state index contributed by atoms with van der Waals surface area (Å²) in [7, 11) is -3.55. The van der Waals surface area contributed by atoms with Gasteiger partial charge in [0.25, 0.3) is 0 Å². The second-order valence-electron chi connectivity index (χ2n) is 4.86. The first-order valence-corrected chi connectivity index (χ1v) is 9.69. The SMILES string of the molecule is CC1SCCN(S(=O)(=O)c2cc(CO)ccc2Br)C1C. The maximum Gasteiger partial charge on any atom is 0.244 e. The summed E-state index contributed by atoms with van der Waals surface area (Å²) in [5.74, 6) is 0.808. The number of sulfonamides is 1. The molecule has 0 spiro atoms. The Bertz CT molecular complexity index is 591. The third kappa shape index (κ3) is 3.06. The first kappa shape index (κ1) is 16.3. The lowest BCUT2D eigenvalue weighted by atomic mass is 10.2. The highest BCUT2D eigenvalue weighted by Crippen LogP contribution is 2.32. The van der Waals surface area contributed by atoms with E-state index >= 15 is 0 Å². The number of rotatable bonds is 3. The standard InChI is InChI=1S/C13H18BrNO3S2/c1-9-10(2)19-6-5-15(9)20(17,18)13-7-11(8-16)3-4-12(13)14/h3-4,7,9-10,16H,5-6,8H2,1-2H3. The lowest BCUT2D eigenvalue weighted by Gasteiger charge is -2.36. The van der Waals surface area contributed by atoms with Crippen molar-refractivity contribution in [1.82, 2.24) is 4.31 Å². The maximum atomic E-state index is 12.8. The largest absolute Gasteiger partial charge is 0.392 e. The van der Waals surface area contributed by atoms with Gasteiger partial charge in [-0.25, -0.2) is 8.42 Å². The Morgan fingerprint density at radius 2 is 2.15 bits per heavy atom. The molecule has 2 unspecified atom stereocenters. The second kappa shape index (κ2) is 6.36. The van der Waals surface area contributed by atoms with Crippen molar-refractivity contribution in [2.75, 3.05) is 12.3 Å². The van der Waals surface area contributed by atoms with Gasteiger partial charge in [0.05, 0.1) is 11.5 Å². The number of halogens is 1. The summed E-state index contributed by atoms with van der Waals surface area (Å²) in [6.45, 7) is 4.35. The van der Waals surface area contributed by atoms with Crippen molar-refractivity contribution in [1.29, 1.82) is 0 Å². The van der Waals surface area contributed by atoms with Crippen molar-refractivity contribution < 1.29 is 13.5 Å². The number of thioether (sulfide) groups is 1. The maximum absolute atomic E-state index is 12.8. The van der Waals surface area contributed by atoms with Crippen LogP contribution in [0.25, 0.3) is 0 Å². The van der Waals surface area contributed by atoms with E-state index in [2.05, 4.69) is 22.9 Å². The fraction of sp³-hybridized carbons (Fsp3) is 0.538. The highest BCUT2D eigenvalue weighted by Gasteiger charge is 2.35. The van der Waals surface area contributed by atoms with Crippen LogP contribution < -0.4 is 0 Å². The van der Waals surface area contributed by atoms with E-state index in [-0.39, 0.29) is 22.8 Å². The first-order chi connectivity index (χ1) is 9.37. The van der Waals surface area contributed by atoms with Gasteiger partial charge in [-0.1, -0.05) is 13.0 Å². The van der Waals surface area contributed by atoms with Crippen LogP contribution in [-0.4, -0.2) is 41.4 Å². The molecule has 4 nitrogen and oxygen atoms in total. The first-order valence-electron chi connectivity index (χ1n) is 6.40. The van der Waals surface area contributed by atoms with Gasteiger partial charge in [-0.05, 0) is 40.5 Å². The zero-order valence-corrected chi connectivity index (χ0v) is 14.6. The highest BCUT2D eigenvalue weighted by molar-refractivity contribution is 9.10. The molecule has 0 radical (unpaired) electrons. The smallest absolute Gasteiger partial charge is 0.244 e. The second-order valence-corrected chi connectivity index (χ2v) is 9.05. The van der Waals surface area contributed by atoms with E-state index in [9.17, 15) is 13.5 Å². The summed E-state index contributed by atoms with van der Waals surface area (Å²) < 4.78 is 27.8. The van der Waals surface area contributed by atoms with Crippen molar-refractivity contribution in [2.24, 2.45) is 0 Å². The molecule has 0 saturated carbocycles. The summed E-state index contributed by atoms with van der Waals surface area (Å²) in [6.07, 6.45) is 0. The van der Waals surface area contributed by atoms with Gasteiger partial charge < -0.3 is 5.11 Å². The number of benzene rings is 1. The molecule has 1 saturated heterocycles. The number of aliphatic hydroxyl groups excluding tert-OH is 1. The molecule has 1 fully saturated rings. The predicted octanol–water partition coefficient (Wildman–Crippen LogP) is 2.46. The molecule has 7 heteroatoms. The number of hydrogen-bond acceptors (Lipinski definition) is 4. The summed E-state index contributed by atoms with van der Waals surface area (Å²) >= 11 is 5.10. The minimum Gasteiger partial charge on any atom is -0.392 e. The van der Waals surface area contributed by atoms with E-state index in [4.69, 9.17) is 0 Å². The van der Waals surface area contributed by atoms with Crippen molar-refractivity contribution in [3.8, 4) is 0 Å². The van der Waals surface area contributed by atoms with Gasteiger partial charge in [-0.2, -0.15) is 16.1 Å². The Morgan fingerprint density at radius 3 is 2.80 bits per heavy atom. The zero-order chi connectivity index (χ0) is 14.9. The van der Waals surface area contributed by atoms with Crippen molar-refractivity contribution in [2.45, 2.75) is 36.6 Å². The number of hydrogen-bond donors (Lipinski definition) is 1. The average molecular weight is 380 g/mol. The number of nitrogens with zero attached hydrogens (tertiary/aromatic N) is 1. The van der Waals surface area contributed by atoms with Gasteiger partial charge in [0, 0.05) is 28.1 Å². The predicted molar refractivity (Wildman–Crippen MR) is 85.3 cm³/mol. The van der Waals surface area contributed by atoms with E-state index < -0.39 is 10.0 Å². The van der Waals surface area contributed by atoms with Crippen LogP contribution in [0.2, 0.25) is 0 Å². The fourth-order valence-electron chi connectivity index (χ4n) is 2.21. The van der Waals surface area contributed by atoms with Crippen LogP contribution >= 0.6 is 27.7 Å². The molecule has 0 bridgehead atoms. The molecule has 0 aromatic heterocycles. The van der Waals surface area contributed by atoms with E-state index in [0.29, 0.717) is 16.6 Å². The van der Waals surface area contributed by atoms with Crippen LogP contribution in [0.5, 0.6) is 0 Å². The van der Waals surface area contributed by atoms with E-state index in [1.807, 2.05) is 6.92 Å². The monoisotopic (exact) mass is 379 g/mol. The Hall–Kier alpha value is -0.0800. The van der Waals surface area contributed by atoms with Crippen LogP contribution in [0.1, 0.15) is 19.4 Å². The van der Waals surface area contributed by atoms with Crippen molar-refractivity contribution in [3.63, 3.8) is 0 Å². The van der Waals surface area contributed by atoms with Gasteiger partial charge in [0.15, 0.2) is 0 Å². The minimum absolute atomic E-state index is 0.0385. The fourth-order valence-corrected chi connectivity index (χ4v) is 6.19. The van der Waals surface area contributed by atoms with Gasteiger partial charge in [-0.15, -0.1) is 0 Å². The molecule has 1 aliphatic heterocycles. The molecular formula is C13H18BrNO3S2. The molecule has 1 aliphatic rings. The molecule has 112 valence electrons. The Balaban J connectivity index is 2.44. The Kier molecular flexibility index (Phi) is 5.18. The van der Waals surface area contributed by atoms with Crippen molar-refractivity contribution >= 4 is 37.7 Å². The van der Waals surface area contributed by atoms with Gasteiger partial charge >= 0.3 is 0 Å². The molecule has 1 aromatic carbocycles. The van der Waals surface area contributed by atoms with Crippen LogP contribution in [-0.2, 0) is 16.6 Å². The molecule has 0 amide bonds. The number of aliphatic hydroxyl groups is 1. The van der Waals surface area contributed by atoms with Crippen molar-refractivity contribution in [3.05, 3.63) is 28.2 Å². The molecular weight excluding hydrogens is 362 g/mol. The summed E-state index contributed by atoms with van der Waals surface area (Å²) in [5.41, 5.74) is 0.596. The molecule has 2 atom stereocenters. The Labute approximate surface area is 132 Å². The highest BCUT2D eigenvalue weighted by atomic mass is 79.9. The average Bonchev–Trinajstić information content (AvgIpc) is 2.42. The topological polar surface area (TPSA) is 57.6 Å². The van der Waals surface area contributed by atoms with Gasteiger partial charge in [0.2, 0.25) is 10.0 Å². The molecule has 1 N–H and O–H groups in total. The normalized spacial score (nSPS) is 24.8. The van der Waals surface area contributed by atoms with E-state index in [1.165, 1.54) is 0 Å².